The Bertz CT molecular complexity index is 1480. The van der Waals surface area contributed by atoms with Gasteiger partial charge in [0.05, 0.1) is 37.9 Å². The number of aliphatic hydroxyl groups excluding tert-OH is 4. The van der Waals surface area contributed by atoms with Crippen LogP contribution >= 0.6 is 0 Å². The van der Waals surface area contributed by atoms with Crippen molar-refractivity contribution in [3.63, 3.8) is 0 Å². The molecule has 0 saturated carbocycles. The summed E-state index contributed by atoms with van der Waals surface area (Å²) < 4.78 is 28.6. The maximum atomic E-state index is 13.1. The molecule has 4 N–H and O–H groups in total. The number of hydrogen-bond donors (Lipinski definition) is 4. The SMILES string of the molecule is COc1ccccc1/C=C/C(=O)O[C@@H]1[C@@H](O)[C@H](O)[C@@H](CO)O[C@H]1c1c(OC)cc(C)c2c(=O)cc(C[C@H](C)O)oc12. The minimum atomic E-state index is -1.69. The molecule has 41 heavy (non-hydrogen) atoms. The van der Waals surface area contributed by atoms with Crippen LogP contribution in [0.3, 0.4) is 0 Å². The van der Waals surface area contributed by atoms with Crippen LogP contribution in [0, 0.1) is 6.92 Å². The number of carbonyl (C=O) groups excluding carboxylic acids is 1. The highest BCUT2D eigenvalue weighted by Crippen LogP contribution is 2.43. The highest BCUT2D eigenvalue weighted by molar-refractivity contribution is 5.88. The predicted octanol–water partition coefficient (Wildman–Crippen LogP) is 1.82. The molecule has 2 aromatic carbocycles. The number of fused-ring (bicyclic) bond motifs is 1. The fourth-order valence-corrected chi connectivity index (χ4v) is 4.98. The Morgan fingerprint density at radius 1 is 1.10 bits per heavy atom. The minimum absolute atomic E-state index is 0.0408. The molecular formula is C30H34O11. The van der Waals surface area contributed by atoms with Gasteiger partial charge in [0.1, 0.15) is 47.3 Å². The highest BCUT2D eigenvalue weighted by atomic mass is 16.6. The zero-order valence-corrected chi connectivity index (χ0v) is 23.1. The standard InChI is InChI=1S/C30H34O11/c1-15-11-21(38-4)25(28-24(15)19(33)13-18(39-28)12-16(2)32)29-30(27(36)26(35)22(14-31)40-29)41-23(34)10-9-17-7-5-6-8-20(17)37-3/h5-11,13,16,22,26-27,29-32,35-36H,12,14H2,1-4H3/b10-9+/t16-,22+,26+,27-,29-,30+/m0/s1. The molecule has 0 bridgehead atoms. The molecular weight excluding hydrogens is 536 g/mol. The van der Waals surface area contributed by atoms with Crippen molar-refractivity contribution >= 4 is 23.0 Å². The van der Waals surface area contributed by atoms with Gasteiger partial charge in [0, 0.05) is 24.1 Å². The smallest absolute Gasteiger partial charge is 0.331 e. The van der Waals surface area contributed by atoms with E-state index in [0.29, 0.717) is 16.9 Å². The molecule has 1 aliphatic heterocycles. The van der Waals surface area contributed by atoms with E-state index < -0.39 is 49.2 Å². The third kappa shape index (κ3) is 6.29. The lowest BCUT2D eigenvalue weighted by Gasteiger charge is -2.42. The molecule has 1 saturated heterocycles. The van der Waals surface area contributed by atoms with Gasteiger partial charge < -0.3 is 43.8 Å². The molecule has 4 rings (SSSR count). The van der Waals surface area contributed by atoms with Crippen LogP contribution in [0.25, 0.3) is 17.0 Å². The molecule has 11 nitrogen and oxygen atoms in total. The van der Waals surface area contributed by atoms with Gasteiger partial charge in [0.2, 0.25) is 0 Å². The molecule has 0 radical (unpaired) electrons. The van der Waals surface area contributed by atoms with E-state index in [1.165, 1.54) is 26.4 Å². The molecule has 0 amide bonds. The molecule has 3 aromatic rings. The van der Waals surface area contributed by atoms with E-state index in [2.05, 4.69) is 0 Å². The van der Waals surface area contributed by atoms with Crippen molar-refractivity contribution in [2.75, 3.05) is 20.8 Å². The van der Waals surface area contributed by atoms with Crippen LogP contribution in [0.15, 0.2) is 51.7 Å². The van der Waals surface area contributed by atoms with E-state index in [4.69, 9.17) is 23.4 Å². The summed E-state index contributed by atoms with van der Waals surface area (Å²) in [6.45, 7) is 2.58. The van der Waals surface area contributed by atoms with Crippen LogP contribution in [0.4, 0.5) is 0 Å². The summed E-state index contributed by atoms with van der Waals surface area (Å²) in [5.41, 5.74) is 0.922. The Labute approximate surface area is 236 Å². The van der Waals surface area contributed by atoms with Gasteiger partial charge in [0.25, 0.3) is 0 Å². The molecule has 0 spiro atoms. The Kier molecular flexibility index (Phi) is 9.46. The number of hydrogen-bond acceptors (Lipinski definition) is 11. The number of benzene rings is 2. The molecule has 1 aromatic heterocycles. The van der Waals surface area contributed by atoms with Gasteiger partial charge in [-0.05, 0) is 37.6 Å². The minimum Gasteiger partial charge on any atom is -0.496 e. The maximum Gasteiger partial charge on any atom is 0.331 e. The quantitative estimate of drug-likeness (QED) is 0.219. The van der Waals surface area contributed by atoms with Gasteiger partial charge >= 0.3 is 5.97 Å². The monoisotopic (exact) mass is 570 g/mol. The topological polar surface area (TPSA) is 165 Å². The number of ether oxygens (including phenoxy) is 4. The van der Waals surface area contributed by atoms with Gasteiger partial charge in [-0.1, -0.05) is 18.2 Å². The first-order chi connectivity index (χ1) is 19.6. The fraction of sp³-hybridized carbons (Fsp3) is 0.400. The van der Waals surface area contributed by atoms with Gasteiger partial charge in [-0.15, -0.1) is 0 Å². The summed E-state index contributed by atoms with van der Waals surface area (Å²) in [4.78, 5) is 26.1. The molecule has 2 heterocycles. The Hall–Kier alpha value is -3.74. The van der Waals surface area contributed by atoms with E-state index in [0.717, 1.165) is 6.08 Å². The second-order valence-corrected chi connectivity index (χ2v) is 9.88. The molecule has 220 valence electrons. The number of esters is 1. The van der Waals surface area contributed by atoms with Gasteiger partial charge in [-0.3, -0.25) is 4.79 Å². The van der Waals surface area contributed by atoms with Crippen LogP contribution in [0.2, 0.25) is 0 Å². The lowest BCUT2D eigenvalue weighted by Crippen LogP contribution is -2.56. The Morgan fingerprint density at radius 2 is 1.80 bits per heavy atom. The first kappa shape index (κ1) is 30.2. The van der Waals surface area contributed by atoms with Crippen LogP contribution in [-0.2, 0) is 20.7 Å². The lowest BCUT2D eigenvalue weighted by atomic mass is 9.89. The molecule has 0 aliphatic carbocycles. The van der Waals surface area contributed by atoms with E-state index >= 15 is 0 Å². The van der Waals surface area contributed by atoms with Crippen molar-refractivity contribution in [2.45, 2.75) is 56.9 Å². The van der Waals surface area contributed by atoms with Crippen LogP contribution in [-0.4, -0.2) is 77.7 Å². The lowest BCUT2D eigenvalue weighted by molar-refractivity contribution is -0.239. The normalized spacial score (nSPS) is 23.5. The van der Waals surface area contributed by atoms with Crippen molar-refractivity contribution in [2.24, 2.45) is 0 Å². The first-order valence-electron chi connectivity index (χ1n) is 13.1. The summed E-state index contributed by atoms with van der Waals surface area (Å²) in [5.74, 6) is 0.0448. The number of rotatable bonds is 9. The molecule has 1 aliphatic rings. The van der Waals surface area contributed by atoms with Crippen molar-refractivity contribution < 1.29 is 48.6 Å². The van der Waals surface area contributed by atoms with Crippen LogP contribution in [0.5, 0.6) is 11.5 Å². The van der Waals surface area contributed by atoms with Crippen molar-refractivity contribution in [1.29, 1.82) is 0 Å². The summed E-state index contributed by atoms with van der Waals surface area (Å²) in [5, 5.41) is 41.7. The summed E-state index contributed by atoms with van der Waals surface area (Å²) >= 11 is 0. The van der Waals surface area contributed by atoms with E-state index in [1.807, 2.05) is 0 Å². The van der Waals surface area contributed by atoms with E-state index in [9.17, 15) is 30.0 Å². The highest BCUT2D eigenvalue weighted by Gasteiger charge is 2.49. The average molecular weight is 571 g/mol. The molecule has 6 atom stereocenters. The summed E-state index contributed by atoms with van der Waals surface area (Å²) in [6, 6.07) is 9.86. The summed E-state index contributed by atoms with van der Waals surface area (Å²) in [7, 11) is 2.88. The van der Waals surface area contributed by atoms with Crippen LogP contribution in [0.1, 0.15) is 35.5 Å². The molecule has 0 unspecified atom stereocenters. The summed E-state index contributed by atoms with van der Waals surface area (Å²) in [6.07, 6.45) is -5.56. The average Bonchev–Trinajstić information content (AvgIpc) is 2.94. The van der Waals surface area contributed by atoms with Crippen molar-refractivity contribution in [1.82, 2.24) is 0 Å². The van der Waals surface area contributed by atoms with Gasteiger partial charge in [0.15, 0.2) is 11.5 Å². The van der Waals surface area contributed by atoms with E-state index in [-0.39, 0.29) is 39.9 Å². The number of methoxy groups -OCH3 is 2. The number of carbonyl (C=O) groups is 1. The van der Waals surface area contributed by atoms with Crippen LogP contribution < -0.4 is 14.9 Å². The van der Waals surface area contributed by atoms with Crippen molar-refractivity contribution in [3.05, 3.63) is 75.1 Å². The first-order valence-corrected chi connectivity index (χ1v) is 13.1. The second-order valence-electron chi connectivity index (χ2n) is 9.88. The zero-order valence-electron chi connectivity index (χ0n) is 23.1. The predicted molar refractivity (Wildman–Crippen MR) is 148 cm³/mol. The van der Waals surface area contributed by atoms with E-state index in [1.54, 1.807) is 44.2 Å². The zero-order chi connectivity index (χ0) is 29.8. The Morgan fingerprint density at radius 3 is 2.46 bits per heavy atom. The number of para-hydroxylation sites is 1. The number of aryl methyl sites for hydroxylation is 1. The molecule has 1 fully saturated rings. The van der Waals surface area contributed by atoms with Gasteiger partial charge in [-0.25, -0.2) is 4.79 Å². The largest absolute Gasteiger partial charge is 0.496 e. The fourth-order valence-electron chi connectivity index (χ4n) is 4.98. The third-order valence-corrected chi connectivity index (χ3v) is 6.91. The third-order valence-electron chi connectivity index (χ3n) is 6.91. The maximum absolute atomic E-state index is 13.1. The van der Waals surface area contributed by atoms with Gasteiger partial charge in [-0.2, -0.15) is 0 Å². The number of aliphatic hydroxyl groups is 4. The van der Waals surface area contributed by atoms with Crippen molar-refractivity contribution in [3.8, 4) is 11.5 Å². The molecule has 11 heteroatoms. The second kappa shape index (κ2) is 12.8. The Balaban J connectivity index is 1.83.